The topological polar surface area (TPSA) is 58.6 Å². The molecule has 0 aliphatic carbocycles. The van der Waals surface area contributed by atoms with Crippen molar-refractivity contribution in [2.75, 3.05) is 0 Å². The molecule has 0 aliphatic rings. The van der Waals surface area contributed by atoms with Crippen LogP contribution in [-0.2, 0) is 17.9 Å². The first-order chi connectivity index (χ1) is 11.5. The molecule has 1 unspecified atom stereocenters. The predicted molar refractivity (Wildman–Crippen MR) is 95.3 cm³/mol. The van der Waals surface area contributed by atoms with E-state index in [9.17, 15) is 9.90 Å². The second-order valence-corrected chi connectivity index (χ2v) is 6.37. The summed E-state index contributed by atoms with van der Waals surface area (Å²) >= 11 is 6.10. The maximum atomic E-state index is 11.2. The van der Waals surface area contributed by atoms with E-state index < -0.39 is 12.0 Å². The maximum absolute atomic E-state index is 11.2. The van der Waals surface area contributed by atoms with Gasteiger partial charge in [-0.2, -0.15) is 0 Å². The molecule has 1 atom stereocenters. The van der Waals surface area contributed by atoms with Crippen LogP contribution in [0.4, 0.5) is 0 Å². The third-order valence-electron chi connectivity index (χ3n) is 3.73. The average Bonchev–Trinajstić information content (AvgIpc) is 2.55. The highest BCUT2D eigenvalue weighted by Gasteiger charge is 2.20. The third kappa shape index (κ3) is 5.25. The van der Waals surface area contributed by atoms with Crippen LogP contribution in [0, 0.1) is 5.92 Å². The molecule has 2 rings (SSSR count). The number of carboxylic acids is 1. The lowest BCUT2D eigenvalue weighted by molar-refractivity contribution is -0.140. The Bertz CT molecular complexity index is 671. The van der Waals surface area contributed by atoms with E-state index in [0.717, 1.165) is 16.9 Å². The minimum Gasteiger partial charge on any atom is -0.489 e. The lowest BCUT2D eigenvalue weighted by Gasteiger charge is -2.18. The van der Waals surface area contributed by atoms with Gasteiger partial charge in [0.1, 0.15) is 18.4 Å². The molecule has 128 valence electrons. The molecule has 5 heteroatoms. The fourth-order valence-electron chi connectivity index (χ4n) is 2.32. The summed E-state index contributed by atoms with van der Waals surface area (Å²) in [5.41, 5.74) is 1.94. The molecule has 2 aromatic carbocycles. The Morgan fingerprint density at radius 1 is 1.17 bits per heavy atom. The molecule has 0 aliphatic heterocycles. The first-order valence-electron chi connectivity index (χ1n) is 7.88. The molecule has 24 heavy (non-hydrogen) atoms. The van der Waals surface area contributed by atoms with Gasteiger partial charge in [-0.15, -0.1) is 0 Å². The number of carbonyl (C=O) groups is 1. The van der Waals surface area contributed by atoms with Crippen LogP contribution in [0.25, 0.3) is 0 Å². The number of halogens is 1. The molecule has 0 aromatic heterocycles. The summed E-state index contributed by atoms with van der Waals surface area (Å²) < 4.78 is 5.73. The zero-order valence-electron chi connectivity index (χ0n) is 13.8. The van der Waals surface area contributed by atoms with Crippen molar-refractivity contribution in [2.24, 2.45) is 5.92 Å². The molecule has 0 heterocycles. The van der Waals surface area contributed by atoms with Crippen molar-refractivity contribution < 1.29 is 14.6 Å². The minimum absolute atomic E-state index is 0.0285. The van der Waals surface area contributed by atoms with Crippen LogP contribution in [0.3, 0.4) is 0 Å². The van der Waals surface area contributed by atoms with E-state index in [1.165, 1.54) is 0 Å². The Morgan fingerprint density at radius 2 is 1.83 bits per heavy atom. The fraction of sp³-hybridized carbons (Fsp3) is 0.316. The van der Waals surface area contributed by atoms with Gasteiger partial charge in [-0.25, -0.2) is 0 Å². The van der Waals surface area contributed by atoms with Crippen LogP contribution < -0.4 is 10.1 Å². The largest absolute Gasteiger partial charge is 0.489 e. The SMILES string of the molecule is CC(C)C(NCc1ccc(OCc2ccccc2Cl)cc1)C(=O)O. The van der Waals surface area contributed by atoms with Crippen molar-refractivity contribution in [3.63, 3.8) is 0 Å². The number of aliphatic carboxylic acids is 1. The van der Waals surface area contributed by atoms with Gasteiger partial charge in [0.05, 0.1) is 0 Å². The van der Waals surface area contributed by atoms with Crippen LogP contribution in [0.2, 0.25) is 5.02 Å². The van der Waals surface area contributed by atoms with Crippen LogP contribution in [-0.4, -0.2) is 17.1 Å². The number of nitrogens with one attached hydrogen (secondary N) is 1. The lowest BCUT2D eigenvalue weighted by atomic mass is 10.0. The molecule has 0 radical (unpaired) electrons. The summed E-state index contributed by atoms with van der Waals surface area (Å²) in [6.07, 6.45) is 0. The van der Waals surface area contributed by atoms with Crippen LogP contribution in [0.15, 0.2) is 48.5 Å². The van der Waals surface area contributed by atoms with E-state index in [1.807, 2.05) is 62.4 Å². The van der Waals surface area contributed by atoms with E-state index in [4.69, 9.17) is 16.3 Å². The highest BCUT2D eigenvalue weighted by Crippen LogP contribution is 2.19. The molecule has 0 fully saturated rings. The number of hydrogen-bond acceptors (Lipinski definition) is 3. The molecule has 0 saturated carbocycles. The first-order valence-corrected chi connectivity index (χ1v) is 8.26. The molecule has 0 bridgehead atoms. The average molecular weight is 348 g/mol. The summed E-state index contributed by atoms with van der Waals surface area (Å²) in [5.74, 6) is -0.0530. The highest BCUT2D eigenvalue weighted by atomic mass is 35.5. The Hall–Kier alpha value is -2.04. The molecule has 0 spiro atoms. The van der Waals surface area contributed by atoms with E-state index in [1.54, 1.807) is 0 Å². The quantitative estimate of drug-likeness (QED) is 0.754. The summed E-state index contributed by atoms with van der Waals surface area (Å²) in [6.45, 7) is 4.68. The first kappa shape index (κ1) is 18.3. The van der Waals surface area contributed by atoms with Crippen molar-refractivity contribution in [1.29, 1.82) is 0 Å². The zero-order chi connectivity index (χ0) is 17.5. The van der Waals surface area contributed by atoms with Crippen LogP contribution in [0.5, 0.6) is 5.75 Å². The van der Waals surface area contributed by atoms with E-state index >= 15 is 0 Å². The van der Waals surface area contributed by atoms with Crippen molar-refractivity contribution in [1.82, 2.24) is 5.32 Å². The van der Waals surface area contributed by atoms with E-state index in [-0.39, 0.29) is 5.92 Å². The molecule has 4 nitrogen and oxygen atoms in total. The normalized spacial score (nSPS) is 12.2. The monoisotopic (exact) mass is 347 g/mol. The zero-order valence-corrected chi connectivity index (χ0v) is 14.6. The number of carboxylic acid groups (broad SMARTS) is 1. The number of rotatable bonds is 8. The molecule has 0 saturated heterocycles. The standard InChI is InChI=1S/C19H22ClNO3/c1-13(2)18(19(22)23)21-11-14-7-9-16(10-8-14)24-12-15-5-3-4-6-17(15)20/h3-10,13,18,21H,11-12H2,1-2H3,(H,22,23). The van der Waals surface area contributed by atoms with Gasteiger partial charge < -0.3 is 15.2 Å². The summed E-state index contributed by atoms with van der Waals surface area (Å²) in [4.78, 5) is 11.2. The highest BCUT2D eigenvalue weighted by molar-refractivity contribution is 6.31. The second-order valence-electron chi connectivity index (χ2n) is 5.96. The van der Waals surface area contributed by atoms with Gasteiger partial charge in [-0.3, -0.25) is 4.79 Å². The van der Waals surface area contributed by atoms with Gasteiger partial charge in [-0.1, -0.05) is 55.8 Å². The minimum atomic E-state index is -0.829. The van der Waals surface area contributed by atoms with Crippen molar-refractivity contribution >= 4 is 17.6 Å². The van der Waals surface area contributed by atoms with Crippen molar-refractivity contribution in [3.8, 4) is 5.75 Å². The third-order valence-corrected chi connectivity index (χ3v) is 4.10. The Balaban J connectivity index is 1.89. The number of hydrogen-bond donors (Lipinski definition) is 2. The number of benzene rings is 2. The number of ether oxygens (including phenoxy) is 1. The van der Waals surface area contributed by atoms with Gasteiger partial charge >= 0.3 is 5.97 Å². The van der Waals surface area contributed by atoms with Gasteiger partial charge in [0.2, 0.25) is 0 Å². The van der Waals surface area contributed by atoms with Crippen molar-refractivity contribution in [2.45, 2.75) is 33.0 Å². The van der Waals surface area contributed by atoms with Crippen LogP contribution in [0.1, 0.15) is 25.0 Å². The fourth-order valence-corrected chi connectivity index (χ4v) is 2.51. The Labute approximate surface area is 147 Å². The second kappa shape index (κ2) is 8.71. The van der Waals surface area contributed by atoms with Gasteiger partial charge in [0, 0.05) is 17.1 Å². The summed E-state index contributed by atoms with van der Waals surface area (Å²) in [7, 11) is 0. The maximum Gasteiger partial charge on any atom is 0.320 e. The van der Waals surface area contributed by atoms with E-state index in [0.29, 0.717) is 18.2 Å². The molecule has 0 amide bonds. The summed E-state index contributed by atoms with van der Waals surface area (Å²) in [5, 5.41) is 12.9. The summed E-state index contributed by atoms with van der Waals surface area (Å²) in [6, 6.07) is 14.6. The Morgan fingerprint density at radius 3 is 2.42 bits per heavy atom. The van der Waals surface area contributed by atoms with Crippen molar-refractivity contribution in [3.05, 3.63) is 64.7 Å². The van der Waals surface area contributed by atoms with Gasteiger partial charge in [0.15, 0.2) is 0 Å². The predicted octanol–water partition coefficient (Wildman–Crippen LogP) is 4.12. The molecular weight excluding hydrogens is 326 g/mol. The Kier molecular flexibility index (Phi) is 6.64. The smallest absolute Gasteiger partial charge is 0.320 e. The van der Waals surface area contributed by atoms with Gasteiger partial charge in [-0.05, 0) is 29.7 Å². The molecular formula is C19H22ClNO3. The lowest BCUT2D eigenvalue weighted by Crippen LogP contribution is -2.40. The van der Waals surface area contributed by atoms with E-state index in [2.05, 4.69) is 5.32 Å². The molecule has 2 N–H and O–H groups in total. The molecule has 2 aromatic rings. The van der Waals surface area contributed by atoms with Gasteiger partial charge in [0.25, 0.3) is 0 Å². The van der Waals surface area contributed by atoms with Crippen LogP contribution >= 0.6 is 11.6 Å².